The molecule has 9 nitrogen and oxygen atoms in total. The molecule has 0 aromatic heterocycles. The van der Waals surface area contributed by atoms with Crippen LogP contribution in [0.2, 0.25) is 0 Å². The number of nitrogens with zero attached hydrogens (tertiary/aromatic N) is 2. The molecule has 2 N–H and O–H groups in total. The van der Waals surface area contributed by atoms with E-state index in [2.05, 4.69) is 10.6 Å². The van der Waals surface area contributed by atoms with Gasteiger partial charge in [-0.25, -0.2) is 0 Å². The summed E-state index contributed by atoms with van der Waals surface area (Å²) < 4.78 is 10.5. The summed E-state index contributed by atoms with van der Waals surface area (Å²) in [5, 5.41) is 25.3. The van der Waals surface area contributed by atoms with Crippen LogP contribution in [-0.2, 0) is 11.3 Å². The van der Waals surface area contributed by atoms with E-state index in [1.165, 1.54) is 30.5 Å². The van der Waals surface area contributed by atoms with E-state index in [1.807, 2.05) is 6.07 Å². The van der Waals surface area contributed by atoms with Crippen LogP contribution in [0, 0.1) is 21.4 Å². The molecule has 2 aromatic rings. The second-order valence-electron chi connectivity index (χ2n) is 5.50. The van der Waals surface area contributed by atoms with Gasteiger partial charge in [0.25, 0.3) is 11.6 Å². The van der Waals surface area contributed by atoms with Gasteiger partial charge in [0.15, 0.2) is 11.5 Å². The largest absolute Gasteiger partial charge is 0.454 e. The van der Waals surface area contributed by atoms with Crippen LogP contribution in [0.1, 0.15) is 5.56 Å². The first kappa shape index (κ1) is 17.8. The Labute approximate surface area is 154 Å². The quantitative estimate of drug-likeness (QED) is 0.348. The summed E-state index contributed by atoms with van der Waals surface area (Å²) in [4.78, 5) is 22.4. The van der Waals surface area contributed by atoms with E-state index in [1.54, 1.807) is 18.2 Å². The lowest BCUT2D eigenvalue weighted by molar-refractivity contribution is -0.384. The third kappa shape index (κ3) is 4.32. The van der Waals surface area contributed by atoms with Gasteiger partial charge in [0, 0.05) is 30.6 Å². The normalized spacial score (nSPS) is 12.2. The zero-order chi connectivity index (χ0) is 19.2. The number of carbonyl (C=O) groups excluding carboxylic acids is 1. The van der Waals surface area contributed by atoms with E-state index in [0.717, 1.165) is 5.56 Å². The van der Waals surface area contributed by atoms with Crippen LogP contribution >= 0.6 is 0 Å². The van der Waals surface area contributed by atoms with Gasteiger partial charge in [0.2, 0.25) is 6.79 Å². The molecule has 0 unspecified atom stereocenters. The molecule has 2 aromatic carbocycles. The molecule has 0 fully saturated rings. The minimum Gasteiger partial charge on any atom is -0.454 e. The second-order valence-corrected chi connectivity index (χ2v) is 5.50. The van der Waals surface area contributed by atoms with Crippen molar-refractivity contribution in [1.29, 1.82) is 5.26 Å². The summed E-state index contributed by atoms with van der Waals surface area (Å²) in [5.41, 5.74) is 0.788. The Bertz CT molecular complexity index is 964. The van der Waals surface area contributed by atoms with Crippen LogP contribution in [-0.4, -0.2) is 17.6 Å². The summed E-state index contributed by atoms with van der Waals surface area (Å²) in [6, 6.07) is 12.7. The van der Waals surface area contributed by atoms with Gasteiger partial charge < -0.3 is 20.1 Å². The maximum atomic E-state index is 12.2. The Morgan fingerprint density at radius 3 is 2.85 bits per heavy atom. The topological polar surface area (TPSA) is 127 Å². The fourth-order valence-electron chi connectivity index (χ4n) is 2.37. The molecule has 0 spiro atoms. The van der Waals surface area contributed by atoms with Gasteiger partial charge in [0.05, 0.1) is 4.92 Å². The first-order valence-electron chi connectivity index (χ1n) is 7.85. The van der Waals surface area contributed by atoms with Crippen LogP contribution in [0.5, 0.6) is 11.5 Å². The van der Waals surface area contributed by atoms with Crippen molar-refractivity contribution in [2.75, 3.05) is 12.1 Å². The highest BCUT2D eigenvalue weighted by molar-refractivity contribution is 6.06. The van der Waals surface area contributed by atoms with Gasteiger partial charge >= 0.3 is 0 Å². The molecule has 1 heterocycles. The van der Waals surface area contributed by atoms with Crippen LogP contribution in [0.4, 0.5) is 11.4 Å². The Balaban J connectivity index is 1.62. The number of nitro benzene ring substituents is 1. The summed E-state index contributed by atoms with van der Waals surface area (Å²) in [6.45, 7) is 0.550. The van der Waals surface area contributed by atoms with E-state index in [0.29, 0.717) is 18.0 Å². The number of fused-ring (bicyclic) bond motifs is 1. The van der Waals surface area contributed by atoms with E-state index in [4.69, 9.17) is 9.47 Å². The average Bonchev–Trinajstić information content (AvgIpc) is 3.13. The number of hydrogen-bond donors (Lipinski definition) is 2. The first-order valence-corrected chi connectivity index (χ1v) is 7.85. The van der Waals surface area contributed by atoms with Crippen LogP contribution in [0.15, 0.2) is 54.2 Å². The lowest BCUT2D eigenvalue weighted by Gasteiger charge is -2.06. The highest BCUT2D eigenvalue weighted by atomic mass is 16.7. The zero-order valence-corrected chi connectivity index (χ0v) is 14.0. The molecule has 1 aliphatic heterocycles. The standard InChI is InChI=1S/C18H14N4O5/c19-8-13(18(23)21-14-2-1-3-15(7-14)22(24)25)10-20-9-12-4-5-16-17(6-12)27-11-26-16/h1-7,10,20H,9,11H2,(H,21,23)/b13-10-. The number of non-ortho nitro benzene ring substituents is 1. The molecule has 0 aliphatic carbocycles. The molecule has 1 aliphatic rings. The van der Waals surface area contributed by atoms with Crippen molar-refractivity contribution in [2.24, 2.45) is 0 Å². The molecule has 0 saturated heterocycles. The van der Waals surface area contributed by atoms with Crippen molar-refractivity contribution in [3.05, 3.63) is 69.9 Å². The number of nitriles is 1. The Kier molecular flexibility index (Phi) is 5.18. The van der Waals surface area contributed by atoms with E-state index in [-0.39, 0.29) is 23.7 Å². The van der Waals surface area contributed by atoms with Crippen molar-refractivity contribution >= 4 is 17.3 Å². The first-order chi connectivity index (χ1) is 13.1. The van der Waals surface area contributed by atoms with Crippen molar-refractivity contribution in [3.8, 4) is 17.6 Å². The van der Waals surface area contributed by atoms with Crippen molar-refractivity contribution in [1.82, 2.24) is 5.32 Å². The molecule has 1 amide bonds. The number of rotatable bonds is 6. The smallest absolute Gasteiger partial charge is 0.271 e. The number of carbonyl (C=O) groups is 1. The third-order valence-electron chi connectivity index (χ3n) is 3.67. The molecule has 27 heavy (non-hydrogen) atoms. The maximum absolute atomic E-state index is 12.2. The van der Waals surface area contributed by atoms with Crippen LogP contribution < -0.4 is 20.1 Å². The SMILES string of the molecule is N#C/C(=C/NCc1ccc2c(c1)OCO2)C(=O)Nc1cccc([N+](=O)[O-])c1. The van der Waals surface area contributed by atoms with Crippen molar-refractivity contribution in [3.63, 3.8) is 0 Å². The third-order valence-corrected chi connectivity index (χ3v) is 3.67. The molecule has 0 atom stereocenters. The lowest BCUT2D eigenvalue weighted by atomic mass is 10.2. The molecule has 9 heteroatoms. The van der Waals surface area contributed by atoms with Gasteiger partial charge in [-0.2, -0.15) is 5.26 Å². The molecular weight excluding hydrogens is 352 g/mol. The van der Waals surface area contributed by atoms with E-state index in [9.17, 15) is 20.2 Å². The fraction of sp³-hybridized carbons (Fsp3) is 0.111. The summed E-state index contributed by atoms with van der Waals surface area (Å²) in [7, 11) is 0. The predicted molar refractivity (Wildman–Crippen MR) is 94.8 cm³/mol. The summed E-state index contributed by atoms with van der Waals surface area (Å²) in [6.07, 6.45) is 1.29. The number of hydrogen-bond acceptors (Lipinski definition) is 7. The van der Waals surface area contributed by atoms with Gasteiger partial charge in [-0.05, 0) is 23.8 Å². The number of nitrogens with one attached hydrogen (secondary N) is 2. The second kappa shape index (κ2) is 7.88. The molecule has 0 saturated carbocycles. The Hall–Kier alpha value is -4.06. The molecule has 0 radical (unpaired) electrons. The number of anilines is 1. The number of ether oxygens (including phenoxy) is 2. The molecular formula is C18H14N4O5. The number of benzene rings is 2. The van der Waals surface area contributed by atoms with Gasteiger partial charge in [-0.3, -0.25) is 14.9 Å². The highest BCUT2D eigenvalue weighted by Gasteiger charge is 2.14. The van der Waals surface area contributed by atoms with Crippen LogP contribution in [0.3, 0.4) is 0 Å². The van der Waals surface area contributed by atoms with Gasteiger partial charge in [0.1, 0.15) is 11.6 Å². The van der Waals surface area contributed by atoms with Gasteiger partial charge in [-0.1, -0.05) is 12.1 Å². The average molecular weight is 366 g/mol. The van der Waals surface area contributed by atoms with Crippen molar-refractivity contribution < 1.29 is 19.2 Å². The Morgan fingerprint density at radius 1 is 1.26 bits per heavy atom. The lowest BCUT2D eigenvalue weighted by Crippen LogP contribution is -2.16. The van der Waals surface area contributed by atoms with Crippen molar-refractivity contribution in [2.45, 2.75) is 6.54 Å². The van der Waals surface area contributed by atoms with Crippen LogP contribution in [0.25, 0.3) is 0 Å². The maximum Gasteiger partial charge on any atom is 0.271 e. The Morgan fingerprint density at radius 2 is 2.07 bits per heavy atom. The zero-order valence-electron chi connectivity index (χ0n) is 14.0. The fourth-order valence-corrected chi connectivity index (χ4v) is 2.37. The number of nitro groups is 1. The molecule has 136 valence electrons. The molecule has 0 bridgehead atoms. The minimum absolute atomic E-state index is 0.156. The summed E-state index contributed by atoms with van der Waals surface area (Å²) in [5.74, 6) is 0.640. The van der Waals surface area contributed by atoms with E-state index < -0.39 is 10.8 Å². The monoisotopic (exact) mass is 366 g/mol. The highest BCUT2D eigenvalue weighted by Crippen LogP contribution is 2.32. The number of amides is 1. The van der Waals surface area contributed by atoms with Gasteiger partial charge in [-0.15, -0.1) is 0 Å². The molecule has 3 rings (SSSR count). The minimum atomic E-state index is -0.670. The predicted octanol–water partition coefficient (Wildman–Crippen LogP) is 2.46. The summed E-state index contributed by atoms with van der Waals surface area (Å²) >= 11 is 0. The van der Waals surface area contributed by atoms with E-state index >= 15 is 0 Å².